The summed E-state index contributed by atoms with van der Waals surface area (Å²) in [6.07, 6.45) is 0. The summed E-state index contributed by atoms with van der Waals surface area (Å²) < 4.78 is 7.52. The quantitative estimate of drug-likeness (QED) is 0.727. The number of ether oxygens (including phenoxy) is 1. The van der Waals surface area contributed by atoms with Crippen LogP contribution in [0.5, 0.6) is 11.5 Å². The molecule has 0 aliphatic rings. The first-order valence-corrected chi connectivity index (χ1v) is 6.70. The van der Waals surface area contributed by atoms with E-state index in [0.29, 0.717) is 22.2 Å². The van der Waals surface area contributed by atoms with E-state index in [9.17, 15) is 0 Å². The van der Waals surface area contributed by atoms with Gasteiger partial charge in [0.15, 0.2) is 0 Å². The Kier molecular flexibility index (Phi) is 3.97. The van der Waals surface area contributed by atoms with Gasteiger partial charge in [0.25, 0.3) is 0 Å². The van der Waals surface area contributed by atoms with Gasteiger partial charge in [0, 0.05) is 9.50 Å². The third-order valence-electron chi connectivity index (χ3n) is 2.09. The van der Waals surface area contributed by atoms with Crippen LogP contribution in [0.2, 0.25) is 5.02 Å². The van der Waals surface area contributed by atoms with Crippen molar-refractivity contribution in [2.75, 3.05) is 5.73 Å². The zero-order valence-corrected chi connectivity index (χ0v) is 12.5. The lowest BCUT2D eigenvalue weighted by Crippen LogP contribution is -1.92. The minimum absolute atomic E-state index is 0.507. The van der Waals surface area contributed by atoms with Crippen LogP contribution in [0.1, 0.15) is 0 Å². The fourth-order valence-corrected chi connectivity index (χ4v) is 2.60. The van der Waals surface area contributed by atoms with E-state index in [2.05, 4.69) is 31.9 Å². The maximum atomic E-state index is 5.82. The molecule has 0 aromatic heterocycles. The zero-order chi connectivity index (χ0) is 12.4. The first-order chi connectivity index (χ1) is 8.06. The largest absolute Gasteiger partial charge is 0.454 e. The lowest BCUT2D eigenvalue weighted by molar-refractivity contribution is 0.482. The van der Waals surface area contributed by atoms with Crippen LogP contribution in [0, 0.1) is 0 Å². The van der Waals surface area contributed by atoms with Crippen molar-refractivity contribution < 1.29 is 4.74 Å². The molecule has 2 rings (SSSR count). The maximum absolute atomic E-state index is 5.82. The Morgan fingerprint density at radius 2 is 1.71 bits per heavy atom. The monoisotopic (exact) mass is 375 g/mol. The molecular weight excluding hydrogens is 369 g/mol. The number of rotatable bonds is 2. The van der Waals surface area contributed by atoms with Gasteiger partial charge in [-0.3, -0.25) is 0 Å². The number of nitrogens with two attached hydrogens (primary N) is 1. The molecule has 88 valence electrons. The van der Waals surface area contributed by atoms with E-state index in [1.54, 1.807) is 18.2 Å². The molecular formula is C12H8Br2ClNO. The van der Waals surface area contributed by atoms with Crippen molar-refractivity contribution in [1.82, 2.24) is 0 Å². The van der Waals surface area contributed by atoms with E-state index in [1.807, 2.05) is 18.2 Å². The number of nitrogen functional groups attached to an aromatic ring is 1. The predicted octanol–water partition coefficient (Wildman–Crippen LogP) is 5.24. The molecule has 2 N–H and O–H groups in total. The van der Waals surface area contributed by atoms with Crippen LogP contribution in [0.3, 0.4) is 0 Å². The third-order valence-corrected chi connectivity index (χ3v) is 3.43. The molecule has 0 bridgehead atoms. The molecule has 0 amide bonds. The molecule has 2 aromatic rings. The lowest BCUT2D eigenvalue weighted by Gasteiger charge is -2.10. The average Bonchev–Trinajstić information content (AvgIpc) is 2.25. The SMILES string of the molecule is Nc1cc(Cl)ccc1Oc1ccc(Br)cc1Br. The maximum Gasteiger partial charge on any atom is 0.150 e. The van der Waals surface area contributed by atoms with Gasteiger partial charge in [-0.2, -0.15) is 0 Å². The van der Waals surface area contributed by atoms with Crippen LogP contribution in [-0.4, -0.2) is 0 Å². The number of hydrogen-bond acceptors (Lipinski definition) is 2. The van der Waals surface area contributed by atoms with Crippen LogP contribution in [0.4, 0.5) is 5.69 Å². The predicted molar refractivity (Wildman–Crippen MR) is 77.8 cm³/mol. The molecule has 0 aliphatic heterocycles. The van der Waals surface area contributed by atoms with Crippen molar-refractivity contribution >= 4 is 49.1 Å². The zero-order valence-electron chi connectivity index (χ0n) is 8.58. The highest BCUT2D eigenvalue weighted by Gasteiger charge is 2.06. The van der Waals surface area contributed by atoms with Crippen molar-refractivity contribution in [3.63, 3.8) is 0 Å². The smallest absolute Gasteiger partial charge is 0.150 e. The molecule has 0 unspecified atom stereocenters. The first kappa shape index (κ1) is 12.7. The summed E-state index contributed by atoms with van der Waals surface area (Å²) >= 11 is 12.6. The second-order valence-electron chi connectivity index (χ2n) is 3.36. The normalized spacial score (nSPS) is 10.3. The van der Waals surface area contributed by atoms with E-state index in [-0.39, 0.29) is 0 Å². The van der Waals surface area contributed by atoms with Crippen molar-refractivity contribution in [3.05, 3.63) is 50.4 Å². The number of benzene rings is 2. The van der Waals surface area contributed by atoms with Crippen LogP contribution in [0.15, 0.2) is 45.3 Å². The summed E-state index contributed by atoms with van der Waals surface area (Å²) in [7, 11) is 0. The molecule has 17 heavy (non-hydrogen) atoms. The van der Waals surface area contributed by atoms with Crippen molar-refractivity contribution in [1.29, 1.82) is 0 Å². The summed E-state index contributed by atoms with van der Waals surface area (Å²) in [6.45, 7) is 0. The van der Waals surface area contributed by atoms with Gasteiger partial charge in [-0.25, -0.2) is 0 Å². The fraction of sp³-hybridized carbons (Fsp3) is 0. The van der Waals surface area contributed by atoms with Gasteiger partial charge in [0.05, 0.1) is 10.2 Å². The van der Waals surface area contributed by atoms with E-state index < -0.39 is 0 Å². The highest BCUT2D eigenvalue weighted by Crippen LogP contribution is 2.35. The lowest BCUT2D eigenvalue weighted by atomic mass is 10.3. The van der Waals surface area contributed by atoms with Crippen LogP contribution < -0.4 is 10.5 Å². The number of halogens is 3. The van der Waals surface area contributed by atoms with Crippen molar-refractivity contribution in [3.8, 4) is 11.5 Å². The molecule has 0 heterocycles. The van der Waals surface area contributed by atoms with Gasteiger partial charge in [0.2, 0.25) is 0 Å². The highest BCUT2D eigenvalue weighted by molar-refractivity contribution is 9.11. The summed E-state index contributed by atoms with van der Waals surface area (Å²) in [5.41, 5.74) is 6.32. The molecule has 2 aromatic carbocycles. The number of anilines is 1. The molecule has 5 heteroatoms. The Balaban J connectivity index is 2.31. The molecule has 0 atom stereocenters. The van der Waals surface area contributed by atoms with Crippen molar-refractivity contribution in [2.24, 2.45) is 0 Å². The molecule has 2 nitrogen and oxygen atoms in total. The third kappa shape index (κ3) is 3.15. The Hall–Kier alpha value is -0.710. The van der Waals surface area contributed by atoms with Crippen LogP contribution in [0.25, 0.3) is 0 Å². The Morgan fingerprint density at radius 1 is 1.00 bits per heavy atom. The van der Waals surface area contributed by atoms with Gasteiger partial charge in [-0.05, 0) is 52.3 Å². The van der Waals surface area contributed by atoms with Crippen molar-refractivity contribution in [2.45, 2.75) is 0 Å². The van der Waals surface area contributed by atoms with Gasteiger partial charge in [-0.15, -0.1) is 0 Å². The van der Waals surface area contributed by atoms with Crippen LogP contribution >= 0.6 is 43.5 Å². The summed E-state index contributed by atoms with van der Waals surface area (Å²) in [6, 6.07) is 10.8. The molecule has 0 saturated heterocycles. The van der Waals surface area contributed by atoms with Gasteiger partial charge in [-0.1, -0.05) is 27.5 Å². The Labute approximate surface area is 121 Å². The van der Waals surface area contributed by atoms with Crippen LogP contribution in [-0.2, 0) is 0 Å². The van der Waals surface area contributed by atoms with Gasteiger partial charge < -0.3 is 10.5 Å². The average molecular weight is 377 g/mol. The molecule has 0 saturated carbocycles. The fourth-order valence-electron chi connectivity index (χ4n) is 1.29. The summed E-state index contributed by atoms with van der Waals surface area (Å²) in [4.78, 5) is 0. The van der Waals surface area contributed by atoms with Gasteiger partial charge in [0.1, 0.15) is 11.5 Å². The van der Waals surface area contributed by atoms with E-state index in [0.717, 1.165) is 8.95 Å². The Morgan fingerprint density at radius 3 is 2.35 bits per heavy atom. The Bertz CT molecular complexity index is 511. The van der Waals surface area contributed by atoms with Gasteiger partial charge >= 0.3 is 0 Å². The molecule has 0 radical (unpaired) electrons. The first-order valence-electron chi connectivity index (χ1n) is 4.74. The second kappa shape index (κ2) is 5.29. The number of hydrogen-bond donors (Lipinski definition) is 1. The highest BCUT2D eigenvalue weighted by atomic mass is 79.9. The summed E-state index contributed by atoms with van der Waals surface area (Å²) in [5, 5.41) is 0.588. The summed E-state index contributed by atoms with van der Waals surface area (Å²) in [5.74, 6) is 1.28. The minimum atomic E-state index is 0.507. The molecule has 0 spiro atoms. The molecule has 0 fully saturated rings. The standard InChI is InChI=1S/C12H8Br2ClNO/c13-7-1-3-11(9(14)5-7)17-12-4-2-8(15)6-10(12)16/h1-6H,16H2. The van der Waals surface area contributed by atoms with E-state index in [1.165, 1.54) is 0 Å². The minimum Gasteiger partial charge on any atom is -0.454 e. The molecule has 0 aliphatic carbocycles. The topological polar surface area (TPSA) is 35.2 Å². The van der Waals surface area contributed by atoms with E-state index in [4.69, 9.17) is 22.1 Å². The van der Waals surface area contributed by atoms with E-state index >= 15 is 0 Å². The second-order valence-corrected chi connectivity index (χ2v) is 5.57.